The molecule has 3 heteroatoms. The molecule has 3 aliphatic rings. The van der Waals surface area contributed by atoms with Crippen molar-refractivity contribution in [1.29, 1.82) is 0 Å². The number of nitrogens with one attached hydrogen (secondary N) is 1. The summed E-state index contributed by atoms with van der Waals surface area (Å²) in [5.41, 5.74) is 4.25. The zero-order valence-electron chi connectivity index (χ0n) is 16.0. The molecule has 0 amide bonds. The van der Waals surface area contributed by atoms with Gasteiger partial charge in [0.05, 0.1) is 5.92 Å². The van der Waals surface area contributed by atoms with Crippen LogP contribution in [-0.4, -0.2) is 18.6 Å². The fraction of sp³-hybridized carbons (Fsp3) is 0.522. The van der Waals surface area contributed by atoms with Gasteiger partial charge in [-0.3, -0.25) is 4.79 Å². The molecule has 1 aromatic rings. The minimum Gasteiger partial charge on any atom is -0.461 e. The van der Waals surface area contributed by atoms with E-state index in [0.29, 0.717) is 6.54 Å². The third kappa shape index (κ3) is 3.03. The number of rotatable bonds is 4. The lowest BCUT2D eigenvalue weighted by atomic mass is 9.62. The van der Waals surface area contributed by atoms with E-state index in [1.54, 1.807) is 0 Å². The zero-order valence-corrected chi connectivity index (χ0v) is 16.0. The number of carbonyl (C=O) groups excluding carboxylic acids is 1. The molecule has 0 saturated carbocycles. The summed E-state index contributed by atoms with van der Waals surface area (Å²) in [5, 5.41) is 3.55. The molecule has 138 valence electrons. The average molecular weight is 351 g/mol. The molecule has 1 N–H and O–H groups in total. The number of hydrogen-bond donors (Lipinski definition) is 1. The minimum atomic E-state index is -0.0852. The Hall–Kier alpha value is -1.87. The summed E-state index contributed by atoms with van der Waals surface area (Å²) >= 11 is 0. The maximum atomic E-state index is 12.6. The van der Waals surface area contributed by atoms with Crippen LogP contribution in [0.5, 0.6) is 0 Å². The molecule has 0 aromatic heterocycles. The molecule has 2 aliphatic carbocycles. The van der Waals surface area contributed by atoms with Gasteiger partial charge in [-0.05, 0) is 49.7 Å². The molecule has 0 unspecified atom stereocenters. The summed E-state index contributed by atoms with van der Waals surface area (Å²) in [6.45, 7) is 7.37. The van der Waals surface area contributed by atoms with Crippen LogP contribution in [-0.2, 0) is 9.53 Å². The van der Waals surface area contributed by atoms with E-state index < -0.39 is 0 Å². The van der Waals surface area contributed by atoms with E-state index in [2.05, 4.69) is 62.5 Å². The van der Waals surface area contributed by atoms with Crippen LogP contribution >= 0.6 is 0 Å². The van der Waals surface area contributed by atoms with Crippen molar-refractivity contribution in [2.45, 2.75) is 52.2 Å². The highest BCUT2D eigenvalue weighted by Crippen LogP contribution is 2.52. The summed E-state index contributed by atoms with van der Waals surface area (Å²) in [5.74, 6) is 0.0777. The van der Waals surface area contributed by atoms with E-state index in [-0.39, 0.29) is 35.4 Å². The van der Waals surface area contributed by atoms with E-state index in [9.17, 15) is 4.79 Å². The van der Waals surface area contributed by atoms with Crippen molar-refractivity contribution in [2.75, 3.05) is 6.54 Å². The maximum Gasteiger partial charge on any atom is 0.311 e. The van der Waals surface area contributed by atoms with Crippen LogP contribution in [0.25, 0.3) is 0 Å². The van der Waals surface area contributed by atoms with Crippen molar-refractivity contribution in [2.24, 2.45) is 17.3 Å². The molecule has 1 aromatic carbocycles. The van der Waals surface area contributed by atoms with Gasteiger partial charge in [0.25, 0.3) is 0 Å². The molecule has 1 aliphatic heterocycles. The summed E-state index contributed by atoms with van der Waals surface area (Å²) in [6, 6.07) is 10.6. The van der Waals surface area contributed by atoms with Crippen molar-refractivity contribution < 1.29 is 9.53 Å². The third-order valence-corrected chi connectivity index (χ3v) is 6.64. The lowest BCUT2D eigenvalue weighted by Gasteiger charge is -2.42. The first kappa shape index (κ1) is 17.5. The Balaban J connectivity index is 1.52. The number of benzene rings is 1. The molecule has 0 bridgehead atoms. The largest absolute Gasteiger partial charge is 0.461 e. The second kappa shape index (κ2) is 6.70. The topological polar surface area (TPSA) is 38.3 Å². The van der Waals surface area contributed by atoms with Crippen LogP contribution in [0.4, 0.5) is 0 Å². The van der Waals surface area contributed by atoms with Crippen molar-refractivity contribution in [1.82, 2.24) is 5.32 Å². The maximum absolute atomic E-state index is 12.6. The van der Waals surface area contributed by atoms with Gasteiger partial charge < -0.3 is 10.1 Å². The molecule has 3 nitrogen and oxygen atoms in total. The Morgan fingerprint density at radius 2 is 2.08 bits per heavy atom. The van der Waals surface area contributed by atoms with Crippen LogP contribution in [0.3, 0.4) is 0 Å². The van der Waals surface area contributed by atoms with Gasteiger partial charge in [0, 0.05) is 18.5 Å². The van der Waals surface area contributed by atoms with E-state index in [4.69, 9.17) is 4.74 Å². The van der Waals surface area contributed by atoms with Crippen molar-refractivity contribution in [3.63, 3.8) is 0 Å². The highest BCUT2D eigenvalue weighted by Gasteiger charge is 2.50. The molecule has 5 atom stereocenters. The smallest absolute Gasteiger partial charge is 0.311 e. The van der Waals surface area contributed by atoms with Gasteiger partial charge in [-0.25, -0.2) is 0 Å². The number of hydrogen-bond acceptors (Lipinski definition) is 3. The first-order valence-electron chi connectivity index (χ1n) is 9.86. The highest BCUT2D eigenvalue weighted by atomic mass is 16.6. The fourth-order valence-corrected chi connectivity index (χ4v) is 5.02. The molecular weight excluding hydrogens is 322 g/mol. The van der Waals surface area contributed by atoms with Crippen LogP contribution < -0.4 is 5.32 Å². The summed E-state index contributed by atoms with van der Waals surface area (Å²) in [4.78, 5) is 12.6. The van der Waals surface area contributed by atoms with Crippen LogP contribution in [0, 0.1) is 17.3 Å². The molecule has 26 heavy (non-hydrogen) atoms. The summed E-state index contributed by atoms with van der Waals surface area (Å²) < 4.78 is 5.82. The van der Waals surface area contributed by atoms with Gasteiger partial charge in [0.1, 0.15) is 6.10 Å². The number of esters is 1. The normalized spacial score (nSPS) is 34.3. The first-order valence-corrected chi connectivity index (χ1v) is 9.86. The van der Waals surface area contributed by atoms with Gasteiger partial charge in [-0.2, -0.15) is 0 Å². The van der Waals surface area contributed by atoms with Crippen molar-refractivity contribution >= 4 is 5.97 Å². The van der Waals surface area contributed by atoms with Crippen LogP contribution in [0.1, 0.15) is 51.6 Å². The Morgan fingerprint density at radius 3 is 2.85 bits per heavy atom. The van der Waals surface area contributed by atoms with Crippen LogP contribution in [0.2, 0.25) is 0 Å². The number of allylic oxidation sites excluding steroid dienone is 3. The van der Waals surface area contributed by atoms with Gasteiger partial charge in [-0.1, -0.05) is 55.0 Å². The molecule has 0 radical (unpaired) electrons. The number of fused-ring (bicyclic) bond motifs is 2. The minimum absolute atomic E-state index is 0.0338. The highest BCUT2D eigenvalue weighted by molar-refractivity contribution is 5.76. The Kier molecular flexibility index (Phi) is 4.52. The Morgan fingerprint density at radius 1 is 1.31 bits per heavy atom. The predicted octanol–water partition coefficient (Wildman–Crippen LogP) is 4.57. The molecule has 4 rings (SSSR count). The second-order valence-electron chi connectivity index (χ2n) is 8.47. The Labute approximate surface area is 156 Å². The predicted molar refractivity (Wildman–Crippen MR) is 104 cm³/mol. The van der Waals surface area contributed by atoms with Crippen molar-refractivity contribution in [3.05, 3.63) is 59.2 Å². The van der Waals surface area contributed by atoms with E-state index >= 15 is 0 Å². The van der Waals surface area contributed by atoms with E-state index in [1.165, 1.54) is 16.7 Å². The molecule has 0 spiro atoms. The number of ether oxygens (including phenoxy) is 1. The lowest BCUT2D eigenvalue weighted by molar-refractivity contribution is -0.145. The van der Waals surface area contributed by atoms with Gasteiger partial charge >= 0.3 is 5.97 Å². The van der Waals surface area contributed by atoms with Gasteiger partial charge in [0.2, 0.25) is 0 Å². The van der Waals surface area contributed by atoms with E-state index in [1.807, 2.05) is 6.07 Å². The fourth-order valence-electron chi connectivity index (χ4n) is 5.02. The van der Waals surface area contributed by atoms with Gasteiger partial charge in [-0.15, -0.1) is 0 Å². The quantitative estimate of drug-likeness (QED) is 0.808. The van der Waals surface area contributed by atoms with Gasteiger partial charge in [0.15, 0.2) is 0 Å². The summed E-state index contributed by atoms with van der Waals surface area (Å²) in [7, 11) is 0. The monoisotopic (exact) mass is 351 g/mol. The second-order valence-corrected chi connectivity index (χ2v) is 8.47. The SMILES string of the molecule is CC1=CCC[C@]2(C)C[C@H]3OC(=O)[C@@H](CN[C@@H](C)c4ccccc4)[C@H]3C=C12. The average Bonchev–Trinajstić information content (AvgIpc) is 2.92. The molecule has 1 fully saturated rings. The molecule has 1 heterocycles. The summed E-state index contributed by atoms with van der Waals surface area (Å²) in [6.07, 6.45) is 8.00. The van der Waals surface area contributed by atoms with Crippen molar-refractivity contribution in [3.8, 4) is 0 Å². The Bertz CT molecular complexity index is 751. The zero-order chi connectivity index (χ0) is 18.3. The number of carbonyl (C=O) groups is 1. The van der Waals surface area contributed by atoms with Crippen LogP contribution in [0.15, 0.2) is 53.6 Å². The first-order chi connectivity index (χ1) is 12.5. The molecular formula is C23H29NO2. The standard InChI is InChI=1S/C23H29NO2/c1-15-8-7-11-23(3)13-21-18(12-20(15)23)19(22(25)26-21)14-24-16(2)17-9-5-4-6-10-17/h4-6,8-10,12,16,18-19,21,24H,7,11,13-14H2,1-3H3/t16-,18+,19-,21+,23+/m0/s1. The third-order valence-electron chi connectivity index (χ3n) is 6.64. The van der Waals surface area contributed by atoms with E-state index in [0.717, 1.165) is 19.3 Å². The lowest BCUT2D eigenvalue weighted by Crippen LogP contribution is -2.38. The molecule has 1 saturated heterocycles.